The summed E-state index contributed by atoms with van der Waals surface area (Å²) in [6.45, 7) is 5.08. The molecule has 0 bridgehead atoms. The molecule has 7 heteroatoms. The van der Waals surface area contributed by atoms with Gasteiger partial charge in [0.2, 0.25) is 0 Å². The number of aryl methyl sites for hydroxylation is 1. The highest BCUT2D eigenvalue weighted by atomic mass is 35.5. The molecule has 0 saturated carbocycles. The van der Waals surface area contributed by atoms with Crippen LogP contribution < -0.4 is 10.2 Å². The number of nitrogens with one attached hydrogen (secondary N) is 2. The first-order valence-corrected chi connectivity index (χ1v) is 9.08. The van der Waals surface area contributed by atoms with Crippen molar-refractivity contribution < 1.29 is 0 Å². The lowest BCUT2D eigenvalue weighted by molar-refractivity contribution is 0.759. The smallest absolute Gasteiger partial charge is 0.163 e. The van der Waals surface area contributed by atoms with Crippen molar-refractivity contribution in [1.82, 2.24) is 20.2 Å². The number of aromatic amines is 1. The fraction of sp³-hybridized carbons (Fsp3) is 0.316. The Morgan fingerprint density at radius 3 is 2.54 bits per heavy atom. The van der Waals surface area contributed by atoms with Gasteiger partial charge in [-0.05, 0) is 37.6 Å². The van der Waals surface area contributed by atoms with E-state index in [0.717, 1.165) is 42.3 Å². The van der Waals surface area contributed by atoms with E-state index in [-0.39, 0.29) is 0 Å². The van der Waals surface area contributed by atoms with E-state index in [4.69, 9.17) is 16.6 Å². The minimum absolute atomic E-state index is 0.650. The van der Waals surface area contributed by atoms with Crippen molar-refractivity contribution in [2.24, 2.45) is 0 Å². The summed E-state index contributed by atoms with van der Waals surface area (Å²) in [5, 5.41) is 11.1. The second kappa shape index (κ2) is 8.19. The highest BCUT2D eigenvalue weighted by molar-refractivity contribution is 6.30. The Labute approximate surface area is 158 Å². The van der Waals surface area contributed by atoms with Crippen LogP contribution in [-0.4, -0.2) is 33.8 Å². The maximum Gasteiger partial charge on any atom is 0.163 e. The molecule has 26 heavy (non-hydrogen) atoms. The van der Waals surface area contributed by atoms with Crippen LogP contribution in [0.2, 0.25) is 5.02 Å². The van der Waals surface area contributed by atoms with Crippen LogP contribution in [0, 0.1) is 6.92 Å². The maximum atomic E-state index is 6.01. The molecule has 0 aliphatic carbocycles. The molecule has 1 aromatic carbocycles. The monoisotopic (exact) mass is 370 g/mol. The number of benzene rings is 1. The molecule has 0 fully saturated rings. The summed E-state index contributed by atoms with van der Waals surface area (Å²) >= 11 is 6.01. The van der Waals surface area contributed by atoms with E-state index in [1.54, 1.807) is 0 Å². The summed E-state index contributed by atoms with van der Waals surface area (Å²) in [5.41, 5.74) is 1.90. The standard InChI is InChI=1S/C19H23ClN6/c1-4-5-10-26(3)18-12-16(21-17-11-13(2)24-25-17)22-19(23-18)14-6-8-15(20)9-7-14/h6-9,11-12H,4-5,10H2,1-3H3,(H2,21,22,23,24,25). The van der Waals surface area contributed by atoms with Crippen LogP contribution in [0.15, 0.2) is 36.4 Å². The number of nitrogens with zero attached hydrogens (tertiary/aromatic N) is 4. The lowest BCUT2D eigenvalue weighted by Crippen LogP contribution is -2.20. The molecule has 0 radical (unpaired) electrons. The first kappa shape index (κ1) is 18.2. The van der Waals surface area contributed by atoms with Crippen molar-refractivity contribution in [3.05, 3.63) is 47.1 Å². The molecule has 0 amide bonds. The minimum atomic E-state index is 0.650. The van der Waals surface area contributed by atoms with E-state index < -0.39 is 0 Å². The van der Waals surface area contributed by atoms with Crippen molar-refractivity contribution in [1.29, 1.82) is 0 Å². The molecule has 3 aromatic rings. The number of anilines is 3. The molecular weight excluding hydrogens is 348 g/mol. The quantitative estimate of drug-likeness (QED) is 0.624. The fourth-order valence-electron chi connectivity index (χ4n) is 2.55. The van der Waals surface area contributed by atoms with Crippen LogP contribution in [0.3, 0.4) is 0 Å². The molecule has 2 N–H and O–H groups in total. The van der Waals surface area contributed by atoms with E-state index in [9.17, 15) is 0 Å². The third-order valence-corrected chi connectivity index (χ3v) is 4.27. The SMILES string of the molecule is CCCCN(C)c1cc(Nc2cc(C)[nH]n2)nc(-c2ccc(Cl)cc2)n1. The molecular formula is C19H23ClN6. The largest absolute Gasteiger partial charge is 0.359 e. The number of hydrogen-bond donors (Lipinski definition) is 2. The molecule has 0 unspecified atom stereocenters. The van der Waals surface area contributed by atoms with Gasteiger partial charge in [-0.2, -0.15) is 5.10 Å². The Balaban J connectivity index is 1.96. The van der Waals surface area contributed by atoms with Crippen molar-refractivity contribution in [3.63, 3.8) is 0 Å². The van der Waals surface area contributed by atoms with Gasteiger partial charge in [-0.3, -0.25) is 5.10 Å². The average Bonchev–Trinajstić information content (AvgIpc) is 3.04. The predicted molar refractivity (Wildman–Crippen MR) is 107 cm³/mol. The molecule has 0 spiro atoms. The summed E-state index contributed by atoms with van der Waals surface area (Å²) in [6, 6.07) is 11.4. The Bertz CT molecular complexity index is 859. The van der Waals surface area contributed by atoms with Crippen LogP contribution in [0.4, 0.5) is 17.5 Å². The highest BCUT2D eigenvalue weighted by Gasteiger charge is 2.11. The molecule has 2 aromatic heterocycles. The molecule has 136 valence electrons. The lowest BCUT2D eigenvalue weighted by atomic mass is 10.2. The van der Waals surface area contributed by atoms with Gasteiger partial charge < -0.3 is 10.2 Å². The first-order chi connectivity index (χ1) is 12.5. The highest BCUT2D eigenvalue weighted by Crippen LogP contribution is 2.25. The number of halogens is 1. The average molecular weight is 371 g/mol. The number of unbranched alkanes of at least 4 members (excludes halogenated alkanes) is 1. The van der Waals surface area contributed by atoms with Crippen LogP contribution in [0.25, 0.3) is 11.4 Å². The predicted octanol–water partition coefficient (Wildman–Crippen LogP) is 4.81. The maximum absolute atomic E-state index is 6.01. The Morgan fingerprint density at radius 2 is 1.88 bits per heavy atom. The van der Waals surface area contributed by atoms with Crippen molar-refractivity contribution in [2.45, 2.75) is 26.7 Å². The van der Waals surface area contributed by atoms with Gasteiger partial charge in [0.15, 0.2) is 11.6 Å². The zero-order chi connectivity index (χ0) is 18.5. The van der Waals surface area contributed by atoms with Gasteiger partial charge in [0.25, 0.3) is 0 Å². The zero-order valence-electron chi connectivity index (χ0n) is 15.3. The van der Waals surface area contributed by atoms with Crippen molar-refractivity contribution in [3.8, 4) is 11.4 Å². The van der Waals surface area contributed by atoms with Crippen LogP contribution >= 0.6 is 11.6 Å². The van der Waals surface area contributed by atoms with Gasteiger partial charge in [-0.1, -0.05) is 24.9 Å². The number of hydrogen-bond acceptors (Lipinski definition) is 5. The summed E-state index contributed by atoms with van der Waals surface area (Å²) in [6.07, 6.45) is 2.25. The summed E-state index contributed by atoms with van der Waals surface area (Å²) < 4.78 is 0. The number of H-pyrrole nitrogens is 1. The molecule has 6 nitrogen and oxygen atoms in total. The minimum Gasteiger partial charge on any atom is -0.359 e. The van der Waals surface area contributed by atoms with Crippen LogP contribution in [0.5, 0.6) is 0 Å². The van der Waals surface area contributed by atoms with E-state index in [0.29, 0.717) is 16.7 Å². The zero-order valence-corrected chi connectivity index (χ0v) is 16.0. The fourth-order valence-corrected chi connectivity index (χ4v) is 2.67. The third kappa shape index (κ3) is 4.52. The van der Waals surface area contributed by atoms with Gasteiger partial charge >= 0.3 is 0 Å². The second-order valence-corrected chi connectivity index (χ2v) is 6.71. The first-order valence-electron chi connectivity index (χ1n) is 8.70. The molecule has 2 heterocycles. The van der Waals surface area contributed by atoms with Gasteiger partial charge in [-0.15, -0.1) is 0 Å². The van der Waals surface area contributed by atoms with Gasteiger partial charge in [0.05, 0.1) is 0 Å². The lowest BCUT2D eigenvalue weighted by Gasteiger charge is -2.19. The molecule has 0 atom stereocenters. The van der Waals surface area contributed by atoms with Gasteiger partial charge in [-0.25, -0.2) is 9.97 Å². The Morgan fingerprint density at radius 1 is 1.12 bits per heavy atom. The van der Waals surface area contributed by atoms with E-state index in [1.165, 1.54) is 0 Å². The summed E-state index contributed by atoms with van der Waals surface area (Å²) in [4.78, 5) is 11.5. The molecule has 0 aliphatic rings. The van der Waals surface area contributed by atoms with E-state index >= 15 is 0 Å². The molecule has 0 saturated heterocycles. The summed E-state index contributed by atoms with van der Waals surface area (Å²) in [5.74, 6) is 2.95. The second-order valence-electron chi connectivity index (χ2n) is 6.28. The molecule has 3 rings (SSSR count). The topological polar surface area (TPSA) is 69.7 Å². The van der Waals surface area contributed by atoms with Crippen molar-refractivity contribution >= 4 is 29.1 Å². The van der Waals surface area contributed by atoms with Crippen LogP contribution in [-0.2, 0) is 0 Å². The number of rotatable bonds is 7. The Kier molecular flexibility index (Phi) is 5.73. The summed E-state index contributed by atoms with van der Waals surface area (Å²) in [7, 11) is 2.05. The normalized spacial score (nSPS) is 10.8. The van der Waals surface area contributed by atoms with E-state index in [2.05, 4.69) is 32.3 Å². The molecule has 0 aliphatic heterocycles. The van der Waals surface area contributed by atoms with Gasteiger partial charge in [0.1, 0.15) is 11.6 Å². The van der Waals surface area contributed by atoms with Crippen LogP contribution in [0.1, 0.15) is 25.5 Å². The Hall–Kier alpha value is -2.60. The number of aromatic nitrogens is 4. The third-order valence-electron chi connectivity index (χ3n) is 4.02. The van der Waals surface area contributed by atoms with Crippen molar-refractivity contribution in [2.75, 3.05) is 23.8 Å². The van der Waals surface area contributed by atoms with Gasteiger partial charge in [0, 0.05) is 42.0 Å². The van der Waals surface area contributed by atoms with E-state index in [1.807, 2.05) is 50.4 Å².